The Labute approximate surface area is 124 Å². The fourth-order valence-corrected chi connectivity index (χ4v) is 2.67. The van der Waals surface area contributed by atoms with Crippen LogP contribution in [-0.2, 0) is 11.3 Å². The van der Waals surface area contributed by atoms with E-state index in [1.54, 1.807) is 12.1 Å². The molecule has 2 aromatic rings. The second-order valence-electron chi connectivity index (χ2n) is 4.59. The number of thiazole rings is 1. The molecule has 21 heavy (non-hydrogen) atoms. The lowest BCUT2D eigenvalue weighted by Gasteiger charge is -2.07. The number of anilines is 1. The average molecular weight is 306 g/mol. The van der Waals surface area contributed by atoms with Gasteiger partial charge in [-0.15, -0.1) is 0 Å². The first kappa shape index (κ1) is 15.0. The van der Waals surface area contributed by atoms with Gasteiger partial charge in [-0.05, 0) is 26.0 Å². The lowest BCUT2D eigenvalue weighted by Crippen LogP contribution is -2.25. The van der Waals surface area contributed by atoms with E-state index in [4.69, 9.17) is 5.11 Å². The molecular formula is C14H14N2O4S. The van der Waals surface area contributed by atoms with Crippen molar-refractivity contribution in [2.75, 3.05) is 5.32 Å². The number of hydrogen-bond donors (Lipinski definition) is 2. The molecule has 0 radical (unpaired) electrons. The molecule has 0 fully saturated rings. The zero-order chi connectivity index (χ0) is 15.6. The maximum Gasteiger partial charge on any atom is 0.347 e. The molecule has 0 aliphatic rings. The fourth-order valence-electron chi connectivity index (χ4n) is 1.84. The highest BCUT2D eigenvalue weighted by molar-refractivity contribution is 7.11. The van der Waals surface area contributed by atoms with Crippen molar-refractivity contribution in [2.24, 2.45) is 0 Å². The van der Waals surface area contributed by atoms with Crippen LogP contribution in [-0.4, -0.2) is 21.6 Å². The van der Waals surface area contributed by atoms with Gasteiger partial charge in [0, 0.05) is 11.4 Å². The van der Waals surface area contributed by atoms with Crippen molar-refractivity contribution in [1.29, 1.82) is 0 Å². The molecule has 0 atom stereocenters. The van der Waals surface area contributed by atoms with Crippen molar-refractivity contribution in [3.8, 4) is 0 Å². The molecule has 1 amide bonds. The summed E-state index contributed by atoms with van der Waals surface area (Å²) in [6.07, 6.45) is 0. The zero-order valence-electron chi connectivity index (χ0n) is 11.5. The quantitative estimate of drug-likeness (QED) is 0.902. The number of carbonyl (C=O) groups excluding carboxylic acids is 1. The van der Waals surface area contributed by atoms with E-state index in [0.29, 0.717) is 17.0 Å². The molecule has 0 aliphatic heterocycles. The minimum absolute atomic E-state index is 0.0388. The first-order valence-electron chi connectivity index (χ1n) is 6.18. The van der Waals surface area contributed by atoms with Crippen molar-refractivity contribution < 1.29 is 14.7 Å². The van der Waals surface area contributed by atoms with E-state index >= 15 is 0 Å². The predicted octanol–water partition coefficient (Wildman–Crippen LogP) is 1.86. The monoisotopic (exact) mass is 306 g/mol. The standard InChI is InChI=1S/C14H14N2O4S/c1-8-3-5-10(6-4-8)15-11(17)7-16-9(2)12(13(18)19)21-14(16)20/h3-6H,7H2,1-2H3,(H,15,17)(H,18,19). The van der Waals surface area contributed by atoms with Gasteiger partial charge in [0.1, 0.15) is 11.4 Å². The van der Waals surface area contributed by atoms with E-state index in [2.05, 4.69) is 5.32 Å². The van der Waals surface area contributed by atoms with Crippen LogP contribution >= 0.6 is 11.3 Å². The normalized spacial score (nSPS) is 10.4. The number of amides is 1. The van der Waals surface area contributed by atoms with Gasteiger partial charge >= 0.3 is 10.8 Å². The number of rotatable bonds is 4. The van der Waals surface area contributed by atoms with E-state index in [-0.39, 0.29) is 23.0 Å². The molecule has 7 heteroatoms. The molecule has 2 N–H and O–H groups in total. The third-order valence-corrected chi connectivity index (χ3v) is 4.04. The Balaban J connectivity index is 2.15. The molecule has 0 saturated carbocycles. The Kier molecular flexibility index (Phi) is 4.23. The molecule has 2 rings (SSSR count). The lowest BCUT2D eigenvalue weighted by molar-refractivity contribution is -0.116. The second kappa shape index (κ2) is 5.92. The summed E-state index contributed by atoms with van der Waals surface area (Å²) in [5.74, 6) is -1.54. The molecule has 1 aromatic carbocycles. The smallest absolute Gasteiger partial charge is 0.347 e. The van der Waals surface area contributed by atoms with Crippen molar-refractivity contribution in [3.63, 3.8) is 0 Å². The Morgan fingerprint density at radius 2 is 1.86 bits per heavy atom. The van der Waals surface area contributed by atoms with Crippen LogP contribution in [0.1, 0.15) is 20.9 Å². The van der Waals surface area contributed by atoms with Crippen LogP contribution < -0.4 is 10.2 Å². The number of nitrogens with zero attached hydrogens (tertiary/aromatic N) is 1. The van der Waals surface area contributed by atoms with Gasteiger partial charge in [0.15, 0.2) is 0 Å². The first-order valence-corrected chi connectivity index (χ1v) is 7.00. The third kappa shape index (κ3) is 3.38. The van der Waals surface area contributed by atoms with Crippen LogP contribution in [0.2, 0.25) is 0 Å². The van der Waals surface area contributed by atoms with E-state index < -0.39 is 10.8 Å². The summed E-state index contributed by atoms with van der Waals surface area (Å²) in [4.78, 5) is 34.1. The van der Waals surface area contributed by atoms with Crippen molar-refractivity contribution in [2.45, 2.75) is 20.4 Å². The highest BCUT2D eigenvalue weighted by atomic mass is 32.1. The highest BCUT2D eigenvalue weighted by Crippen LogP contribution is 2.12. The molecule has 1 heterocycles. The zero-order valence-corrected chi connectivity index (χ0v) is 12.4. The number of aromatic carboxylic acids is 1. The van der Waals surface area contributed by atoms with Gasteiger partial charge in [-0.2, -0.15) is 0 Å². The molecular weight excluding hydrogens is 292 g/mol. The summed E-state index contributed by atoms with van der Waals surface area (Å²) >= 11 is 0.627. The Morgan fingerprint density at radius 1 is 1.24 bits per heavy atom. The minimum atomic E-state index is -1.16. The molecule has 0 saturated heterocycles. The Morgan fingerprint density at radius 3 is 2.38 bits per heavy atom. The van der Waals surface area contributed by atoms with Gasteiger partial charge in [0.25, 0.3) is 0 Å². The van der Waals surface area contributed by atoms with Crippen molar-refractivity contribution >= 4 is 28.9 Å². The van der Waals surface area contributed by atoms with E-state index in [0.717, 1.165) is 10.1 Å². The van der Waals surface area contributed by atoms with Gasteiger partial charge in [-0.1, -0.05) is 29.0 Å². The van der Waals surface area contributed by atoms with Crippen LogP contribution in [0.3, 0.4) is 0 Å². The average Bonchev–Trinajstić information content (AvgIpc) is 2.69. The molecule has 0 bridgehead atoms. The Hall–Kier alpha value is -2.41. The number of hydrogen-bond acceptors (Lipinski definition) is 4. The predicted molar refractivity (Wildman–Crippen MR) is 80.1 cm³/mol. The lowest BCUT2D eigenvalue weighted by atomic mass is 10.2. The molecule has 6 nitrogen and oxygen atoms in total. The van der Waals surface area contributed by atoms with Crippen LogP contribution in [0, 0.1) is 13.8 Å². The summed E-state index contributed by atoms with van der Waals surface area (Å²) in [5.41, 5.74) is 1.99. The molecule has 0 unspecified atom stereocenters. The number of nitrogens with one attached hydrogen (secondary N) is 1. The second-order valence-corrected chi connectivity index (χ2v) is 5.55. The SMILES string of the molecule is Cc1ccc(NC(=O)Cn2c(C)c(C(=O)O)sc2=O)cc1. The van der Waals surface area contributed by atoms with Crippen molar-refractivity contribution in [3.05, 3.63) is 50.1 Å². The van der Waals surface area contributed by atoms with Crippen LogP contribution in [0.15, 0.2) is 29.1 Å². The fraction of sp³-hybridized carbons (Fsp3) is 0.214. The Bertz CT molecular complexity index is 743. The number of carbonyl (C=O) groups is 2. The molecule has 110 valence electrons. The number of aromatic nitrogens is 1. The molecule has 1 aromatic heterocycles. The maximum absolute atomic E-state index is 11.9. The van der Waals surface area contributed by atoms with Gasteiger partial charge in [0.2, 0.25) is 5.91 Å². The maximum atomic E-state index is 11.9. The van der Waals surface area contributed by atoms with Crippen molar-refractivity contribution in [1.82, 2.24) is 4.57 Å². The summed E-state index contributed by atoms with van der Waals surface area (Å²) in [6.45, 7) is 3.25. The van der Waals surface area contributed by atoms with E-state index in [9.17, 15) is 14.4 Å². The van der Waals surface area contributed by atoms with E-state index in [1.807, 2.05) is 19.1 Å². The van der Waals surface area contributed by atoms with Gasteiger partial charge < -0.3 is 10.4 Å². The van der Waals surface area contributed by atoms with E-state index in [1.165, 1.54) is 6.92 Å². The van der Waals surface area contributed by atoms with Crippen LogP contribution in [0.5, 0.6) is 0 Å². The van der Waals surface area contributed by atoms with Crippen LogP contribution in [0.4, 0.5) is 5.69 Å². The minimum Gasteiger partial charge on any atom is -0.477 e. The van der Waals surface area contributed by atoms with Gasteiger partial charge in [-0.25, -0.2) is 4.79 Å². The van der Waals surface area contributed by atoms with Crippen LogP contribution in [0.25, 0.3) is 0 Å². The topological polar surface area (TPSA) is 88.4 Å². The number of carboxylic acid groups (broad SMARTS) is 1. The van der Waals surface area contributed by atoms with Gasteiger partial charge in [0.05, 0.1) is 0 Å². The largest absolute Gasteiger partial charge is 0.477 e. The summed E-state index contributed by atoms with van der Waals surface area (Å²) in [6, 6.07) is 7.25. The first-order chi connectivity index (χ1) is 9.88. The number of benzene rings is 1. The van der Waals surface area contributed by atoms with Gasteiger partial charge in [-0.3, -0.25) is 14.2 Å². The summed E-state index contributed by atoms with van der Waals surface area (Å²) < 4.78 is 1.16. The highest BCUT2D eigenvalue weighted by Gasteiger charge is 2.18. The molecule has 0 spiro atoms. The summed E-state index contributed by atoms with van der Waals surface area (Å²) in [7, 11) is 0. The number of aryl methyl sites for hydroxylation is 1. The third-order valence-electron chi connectivity index (χ3n) is 2.97. The molecule has 0 aliphatic carbocycles. The number of carboxylic acids is 1. The summed E-state index contributed by atoms with van der Waals surface area (Å²) in [5, 5.41) is 11.6.